The van der Waals surface area contributed by atoms with Gasteiger partial charge in [0.2, 0.25) is 0 Å². The average molecular weight is 414 g/mol. The van der Waals surface area contributed by atoms with Gasteiger partial charge in [-0.3, -0.25) is 14.6 Å². The molecule has 6 heteroatoms. The third-order valence-corrected chi connectivity index (χ3v) is 6.43. The predicted molar refractivity (Wildman–Crippen MR) is 115 cm³/mol. The molecule has 1 amide bonds. The van der Waals surface area contributed by atoms with Gasteiger partial charge in [-0.25, -0.2) is 0 Å². The van der Waals surface area contributed by atoms with Crippen molar-refractivity contribution < 1.29 is 9.90 Å². The highest BCUT2D eigenvalue weighted by Crippen LogP contribution is 2.29. The molecule has 0 aromatic heterocycles. The van der Waals surface area contributed by atoms with Crippen LogP contribution in [0.4, 0.5) is 0 Å². The summed E-state index contributed by atoms with van der Waals surface area (Å²) in [7, 11) is 0. The lowest BCUT2D eigenvalue weighted by atomic mass is 9.91. The van der Waals surface area contributed by atoms with E-state index < -0.39 is 0 Å². The summed E-state index contributed by atoms with van der Waals surface area (Å²) in [6.45, 7) is 6.92. The van der Waals surface area contributed by atoms with E-state index in [1.807, 2.05) is 11.0 Å². The molecule has 4 rings (SSSR count). The standard InChI is InChI=1S/C23H28ClN3O2/c1-23(17-28)16-25(13-18-5-3-2-4-6-18)14-21-15-26(11-12-27(21)23)22(29)19-7-9-20(24)10-8-19/h2-10,21,28H,11-17H2,1H3. The Bertz CT molecular complexity index is 845. The molecule has 0 radical (unpaired) electrons. The summed E-state index contributed by atoms with van der Waals surface area (Å²) in [6, 6.07) is 17.7. The molecule has 2 aliphatic heterocycles. The van der Waals surface area contributed by atoms with E-state index in [4.69, 9.17) is 11.6 Å². The normalized spacial score (nSPS) is 25.6. The largest absolute Gasteiger partial charge is 0.394 e. The van der Waals surface area contributed by atoms with Crippen molar-refractivity contribution >= 4 is 17.5 Å². The number of benzene rings is 2. The lowest BCUT2D eigenvalue weighted by Crippen LogP contribution is -2.71. The Morgan fingerprint density at radius 3 is 2.52 bits per heavy atom. The number of piperazine rings is 2. The molecule has 2 heterocycles. The zero-order valence-corrected chi connectivity index (χ0v) is 17.6. The van der Waals surface area contributed by atoms with E-state index >= 15 is 0 Å². The molecule has 0 spiro atoms. The summed E-state index contributed by atoms with van der Waals surface area (Å²) in [6.07, 6.45) is 0. The van der Waals surface area contributed by atoms with Gasteiger partial charge in [0.25, 0.3) is 5.91 Å². The summed E-state index contributed by atoms with van der Waals surface area (Å²) in [5.74, 6) is 0.0483. The van der Waals surface area contributed by atoms with Crippen molar-refractivity contribution in [2.75, 3.05) is 39.3 Å². The fourth-order valence-corrected chi connectivity index (χ4v) is 4.85. The van der Waals surface area contributed by atoms with Gasteiger partial charge in [-0.2, -0.15) is 0 Å². The van der Waals surface area contributed by atoms with Crippen molar-refractivity contribution in [3.05, 3.63) is 70.7 Å². The number of nitrogens with zero attached hydrogens (tertiary/aromatic N) is 3. The van der Waals surface area contributed by atoms with Crippen molar-refractivity contribution in [2.45, 2.75) is 25.0 Å². The highest BCUT2D eigenvalue weighted by Gasteiger charge is 2.45. The number of hydrogen-bond acceptors (Lipinski definition) is 4. The summed E-state index contributed by atoms with van der Waals surface area (Å²) in [5, 5.41) is 10.8. The molecule has 2 aromatic rings. The lowest BCUT2D eigenvalue weighted by molar-refractivity contribution is -0.0889. The minimum absolute atomic E-state index is 0.0483. The Balaban J connectivity index is 1.50. The van der Waals surface area contributed by atoms with Gasteiger partial charge in [-0.15, -0.1) is 0 Å². The third kappa shape index (κ3) is 4.33. The van der Waals surface area contributed by atoms with Gasteiger partial charge in [0.1, 0.15) is 0 Å². The number of rotatable bonds is 4. The molecule has 2 aromatic carbocycles. The van der Waals surface area contributed by atoms with E-state index in [0.29, 0.717) is 23.7 Å². The second-order valence-corrected chi connectivity index (χ2v) is 8.85. The Morgan fingerprint density at radius 2 is 1.83 bits per heavy atom. The van der Waals surface area contributed by atoms with Crippen LogP contribution in [0.3, 0.4) is 0 Å². The van der Waals surface area contributed by atoms with Crippen molar-refractivity contribution in [1.29, 1.82) is 0 Å². The maximum atomic E-state index is 13.0. The number of aliphatic hydroxyl groups excluding tert-OH is 1. The van der Waals surface area contributed by atoms with E-state index in [0.717, 1.165) is 26.2 Å². The smallest absolute Gasteiger partial charge is 0.253 e. The fourth-order valence-electron chi connectivity index (χ4n) is 4.72. The predicted octanol–water partition coefficient (Wildman–Crippen LogP) is 2.73. The molecule has 29 heavy (non-hydrogen) atoms. The number of fused-ring (bicyclic) bond motifs is 1. The molecule has 2 atom stereocenters. The molecule has 0 bridgehead atoms. The van der Waals surface area contributed by atoms with E-state index in [1.165, 1.54) is 5.56 Å². The SMILES string of the molecule is CC1(CO)CN(Cc2ccccc2)CC2CN(C(=O)c3ccc(Cl)cc3)CCN21. The second kappa shape index (κ2) is 8.44. The van der Waals surface area contributed by atoms with Crippen LogP contribution in [0.2, 0.25) is 5.02 Å². The van der Waals surface area contributed by atoms with E-state index in [9.17, 15) is 9.90 Å². The van der Waals surface area contributed by atoms with Gasteiger partial charge in [-0.1, -0.05) is 41.9 Å². The van der Waals surface area contributed by atoms with Crippen LogP contribution in [-0.2, 0) is 6.54 Å². The van der Waals surface area contributed by atoms with Crippen LogP contribution >= 0.6 is 11.6 Å². The summed E-state index contributed by atoms with van der Waals surface area (Å²) in [5.41, 5.74) is 1.64. The summed E-state index contributed by atoms with van der Waals surface area (Å²) >= 11 is 5.96. The first-order valence-electron chi connectivity index (χ1n) is 10.2. The van der Waals surface area contributed by atoms with Crippen molar-refractivity contribution in [3.8, 4) is 0 Å². The monoisotopic (exact) mass is 413 g/mol. The average Bonchev–Trinajstić information content (AvgIpc) is 2.74. The minimum atomic E-state index is -0.299. The molecule has 0 aliphatic carbocycles. The number of aliphatic hydroxyl groups is 1. The van der Waals surface area contributed by atoms with Crippen LogP contribution in [0.25, 0.3) is 0 Å². The zero-order chi connectivity index (χ0) is 20.4. The topological polar surface area (TPSA) is 47.0 Å². The molecular formula is C23H28ClN3O2. The van der Waals surface area contributed by atoms with E-state index in [2.05, 4.69) is 41.0 Å². The molecular weight excluding hydrogens is 386 g/mol. The Labute approximate surface area is 177 Å². The Morgan fingerprint density at radius 1 is 1.10 bits per heavy atom. The molecule has 154 valence electrons. The van der Waals surface area contributed by atoms with Gasteiger partial charge in [0.15, 0.2) is 0 Å². The maximum Gasteiger partial charge on any atom is 0.253 e. The second-order valence-electron chi connectivity index (χ2n) is 8.42. The highest BCUT2D eigenvalue weighted by molar-refractivity contribution is 6.30. The summed E-state index contributed by atoms with van der Waals surface area (Å²) < 4.78 is 0. The van der Waals surface area contributed by atoms with Crippen LogP contribution in [-0.4, -0.2) is 76.6 Å². The fraction of sp³-hybridized carbons (Fsp3) is 0.435. The Kier molecular flexibility index (Phi) is 5.93. The minimum Gasteiger partial charge on any atom is -0.394 e. The van der Waals surface area contributed by atoms with Crippen molar-refractivity contribution in [3.63, 3.8) is 0 Å². The van der Waals surface area contributed by atoms with Crippen molar-refractivity contribution in [1.82, 2.24) is 14.7 Å². The quantitative estimate of drug-likeness (QED) is 0.837. The van der Waals surface area contributed by atoms with Crippen LogP contribution in [0.5, 0.6) is 0 Å². The third-order valence-electron chi connectivity index (χ3n) is 6.18. The molecule has 2 fully saturated rings. The molecule has 5 nitrogen and oxygen atoms in total. The number of hydrogen-bond donors (Lipinski definition) is 1. The van der Waals surface area contributed by atoms with Crippen LogP contribution < -0.4 is 0 Å². The first-order valence-corrected chi connectivity index (χ1v) is 10.5. The van der Waals surface area contributed by atoms with E-state index in [1.54, 1.807) is 24.3 Å². The molecule has 2 saturated heterocycles. The van der Waals surface area contributed by atoms with Gasteiger partial charge in [-0.05, 0) is 36.8 Å². The van der Waals surface area contributed by atoms with Gasteiger partial charge in [0, 0.05) is 55.9 Å². The first-order chi connectivity index (χ1) is 14.0. The first kappa shape index (κ1) is 20.4. The lowest BCUT2D eigenvalue weighted by Gasteiger charge is -2.56. The highest BCUT2D eigenvalue weighted by atomic mass is 35.5. The number of amides is 1. The van der Waals surface area contributed by atoms with Gasteiger partial charge < -0.3 is 10.0 Å². The number of halogens is 1. The van der Waals surface area contributed by atoms with Gasteiger partial charge >= 0.3 is 0 Å². The maximum absolute atomic E-state index is 13.0. The molecule has 2 aliphatic rings. The summed E-state index contributed by atoms with van der Waals surface area (Å²) in [4.78, 5) is 19.7. The molecule has 1 N–H and O–H groups in total. The van der Waals surface area contributed by atoms with Gasteiger partial charge in [0.05, 0.1) is 12.1 Å². The van der Waals surface area contributed by atoms with Crippen LogP contribution in [0.1, 0.15) is 22.8 Å². The number of carbonyl (C=O) groups is 1. The van der Waals surface area contributed by atoms with Crippen molar-refractivity contribution in [2.24, 2.45) is 0 Å². The molecule has 2 unspecified atom stereocenters. The van der Waals surface area contributed by atoms with Crippen LogP contribution in [0, 0.1) is 0 Å². The zero-order valence-electron chi connectivity index (χ0n) is 16.8. The molecule has 0 saturated carbocycles. The van der Waals surface area contributed by atoms with E-state index in [-0.39, 0.29) is 24.1 Å². The van der Waals surface area contributed by atoms with Crippen LogP contribution in [0.15, 0.2) is 54.6 Å². The number of carbonyl (C=O) groups excluding carboxylic acids is 1. The Hall–Kier alpha value is -1.92.